The molecule has 24 heteroatoms. The fourth-order valence-electron chi connectivity index (χ4n) is 10.4. The van der Waals surface area contributed by atoms with Crippen LogP contribution in [0.2, 0.25) is 0 Å². The summed E-state index contributed by atoms with van der Waals surface area (Å²) in [6, 6.07) is 17.2. The van der Waals surface area contributed by atoms with E-state index >= 15 is 0 Å². The van der Waals surface area contributed by atoms with Crippen LogP contribution < -0.4 is 31.3 Å². The molecule has 7 rings (SSSR count). The number of unbranched alkanes of at least 4 members (excludes halogenated alkanes) is 2. The zero-order chi connectivity index (χ0) is 60.4. The fourth-order valence-corrected chi connectivity index (χ4v) is 10.4. The van der Waals surface area contributed by atoms with Gasteiger partial charge in [0.15, 0.2) is 6.23 Å². The molecule has 3 aliphatic heterocycles. The zero-order valence-electron chi connectivity index (χ0n) is 46.4. The number of phenols is 1. The molecule has 4 aromatic rings. The summed E-state index contributed by atoms with van der Waals surface area (Å²) in [5, 5.41) is 111. The van der Waals surface area contributed by atoms with Crippen molar-refractivity contribution in [1.29, 1.82) is 0 Å². The molecule has 3 saturated heterocycles. The molecule has 3 aliphatic rings. The fraction of sp³-hybridized carbons (Fsp3) is 0.475. The third-order valence-corrected chi connectivity index (χ3v) is 15.3. The number of amides is 7. The van der Waals surface area contributed by atoms with E-state index in [4.69, 9.17) is 4.74 Å². The smallest absolute Gasteiger partial charge is 0.251 e. The average molecular weight is 1150 g/mol. The number of ether oxygens (including phenoxy) is 1. The van der Waals surface area contributed by atoms with E-state index in [9.17, 15) is 79.5 Å². The van der Waals surface area contributed by atoms with Crippen LogP contribution in [0.1, 0.15) is 81.8 Å². The van der Waals surface area contributed by atoms with Crippen LogP contribution in [0, 0.1) is 11.8 Å². The molecule has 7 amide bonds. The molecule has 24 nitrogen and oxygen atoms in total. The third kappa shape index (κ3) is 15.4. The van der Waals surface area contributed by atoms with Gasteiger partial charge in [-0.1, -0.05) is 87.4 Å². The summed E-state index contributed by atoms with van der Waals surface area (Å²) < 4.78 is 5.84. The molecule has 4 aromatic carbocycles. The number of aliphatic hydroxyl groups is 8. The summed E-state index contributed by atoms with van der Waals surface area (Å²) in [5.41, 5.74) is 3.67. The van der Waals surface area contributed by atoms with Gasteiger partial charge in [-0.05, 0) is 90.9 Å². The van der Waals surface area contributed by atoms with Crippen LogP contribution in [0.15, 0.2) is 97.1 Å². The molecule has 3 heterocycles. The summed E-state index contributed by atoms with van der Waals surface area (Å²) in [4.78, 5) is 101. The SMILES string of the molecule is CCCCCOc1ccc(-c2ccc(-c3ccc(C(=O)NCC4CC(O)C(O)NC(=O)C5C(O)C(C)CN5C(=O)C(C(C)O)NC(=O)C(C(O)C(O)c5ccc(O)cc5)NC(=O)C5CC(O)CN5C(=O)C(C(C)O)NC4=O)cc3)cc2)cc1. The lowest BCUT2D eigenvalue weighted by Gasteiger charge is -2.34. The number of carbonyl (C=O) groups excluding carboxylic acids is 7. The standard InChI is InChI=1S/C59H75N7O17/c1-5-6-7-24-83-42-22-18-36(19-23-42)34-10-8-33(9-11-34)35-12-14-38(15-13-35)52(75)60-27-39-25-44(71)55(78)64-57(80)48-49(72)30(2)28-66(48)59(82)46(32(4)68)62-56(79)47(51(74)50(73)37-16-20-40(69)21-17-37)63-54(77)43-26-41(70)29-65(43)58(81)45(31(3)67)61-53(39)76/h8-23,30-32,39,41,43-51,55,67-74,78H,5-7,24-29H2,1-4H3,(H,60,75)(H,61,76)(H,62,79)(H,63,77)(H,64,80). The van der Waals surface area contributed by atoms with Crippen molar-refractivity contribution in [3.8, 4) is 33.8 Å². The molecule has 0 spiro atoms. The van der Waals surface area contributed by atoms with Crippen LogP contribution in [0.3, 0.4) is 0 Å². The van der Waals surface area contributed by atoms with Crippen LogP contribution in [-0.2, 0) is 28.8 Å². The molecule has 15 unspecified atom stereocenters. The van der Waals surface area contributed by atoms with Gasteiger partial charge in [0.2, 0.25) is 35.4 Å². The predicted molar refractivity (Wildman–Crippen MR) is 298 cm³/mol. The van der Waals surface area contributed by atoms with Gasteiger partial charge in [0.1, 0.15) is 53.9 Å². The molecule has 448 valence electrons. The third-order valence-electron chi connectivity index (χ3n) is 15.3. The maximum atomic E-state index is 14.5. The van der Waals surface area contributed by atoms with Gasteiger partial charge in [-0.3, -0.25) is 33.6 Å². The summed E-state index contributed by atoms with van der Waals surface area (Å²) in [7, 11) is 0. The lowest BCUT2D eigenvalue weighted by atomic mass is 9.96. The summed E-state index contributed by atoms with van der Waals surface area (Å²) >= 11 is 0. The highest BCUT2D eigenvalue weighted by Crippen LogP contribution is 2.30. The largest absolute Gasteiger partial charge is 0.508 e. The van der Waals surface area contributed by atoms with Crippen LogP contribution >= 0.6 is 0 Å². The number of fused-ring (bicyclic) bond motifs is 2. The number of aromatic hydroxyl groups is 1. The predicted octanol–water partition coefficient (Wildman–Crippen LogP) is -0.679. The van der Waals surface area contributed by atoms with E-state index in [0.29, 0.717) is 6.61 Å². The Hall–Kier alpha value is -7.55. The topological polar surface area (TPSA) is 377 Å². The van der Waals surface area contributed by atoms with Gasteiger partial charge in [0, 0.05) is 37.5 Å². The van der Waals surface area contributed by atoms with Crippen LogP contribution in [0.5, 0.6) is 11.5 Å². The Kier molecular flexibility index (Phi) is 21.4. The van der Waals surface area contributed by atoms with Gasteiger partial charge in [-0.25, -0.2) is 0 Å². The monoisotopic (exact) mass is 1150 g/mol. The number of nitrogens with zero attached hydrogens (tertiary/aromatic N) is 2. The number of hydrogen-bond donors (Lipinski definition) is 14. The van der Waals surface area contributed by atoms with E-state index in [1.165, 1.54) is 19.1 Å². The number of aliphatic hydroxyl groups excluding tert-OH is 8. The lowest BCUT2D eigenvalue weighted by molar-refractivity contribution is -0.148. The van der Waals surface area contributed by atoms with Gasteiger partial charge in [-0.2, -0.15) is 0 Å². The van der Waals surface area contributed by atoms with E-state index in [2.05, 4.69) is 33.5 Å². The Balaban J connectivity index is 1.15. The molecule has 0 saturated carbocycles. The molecular formula is C59H75N7O17. The molecule has 0 radical (unpaired) electrons. The number of nitrogens with one attached hydrogen (secondary N) is 5. The van der Waals surface area contributed by atoms with Crippen molar-refractivity contribution in [2.24, 2.45) is 11.8 Å². The van der Waals surface area contributed by atoms with Gasteiger partial charge in [0.05, 0.1) is 43.0 Å². The second-order valence-corrected chi connectivity index (χ2v) is 21.7. The maximum Gasteiger partial charge on any atom is 0.251 e. The van der Waals surface area contributed by atoms with Crippen molar-refractivity contribution < 1.29 is 84.3 Å². The first kappa shape index (κ1) is 63.0. The minimum Gasteiger partial charge on any atom is -0.508 e. The van der Waals surface area contributed by atoms with Crippen LogP contribution in [-0.4, -0.2) is 196 Å². The van der Waals surface area contributed by atoms with Crippen molar-refractivity contribution in [3.63, 3.8) is 0 Å². The Morgan fingerprint density at radius 1 is 0.639 bits per heavy atom. The minimum absolute atomic E-state index is 0.0698. The first-order valence-electron chi connectivity index (χ1n) is 27.8. The van der Waals surface area contributed by atoms with E-state index < -0.39 is 158 Å². The van der Waals surface area contributed by atoms with Crippen molar-refractivity contribution in [2.75, 3.05) is 26.2 Å². The highest BCUT2D eigenvalue weighted by atomic mass is 16.5. The second-order valence-electron chi connectivity index (χ2n) is 21.7. The summed E-state index contributed by atoms with van der Waals surface area (Å²) in [5.74, 6) is -9.79. The highest BCUT2D eigenvalue weighted by Gasteiger charge is 2.50. The maximum absolute atomic E-state index is 14.5. The number of benzene rings is 4. The van der Waals surface area contributed by atoms with Gasteiger partial charge in [0.25, 0.3) is 5.91 Å². The number of rotatable bonds is 15. The molecule has 14 N–H and O–H groups in total. The molecule has 0 bridgehead atoms. The normalized spacial score (nSPS) is 27.3. The van der Waals surface area contributed by atoms with Crippen LogP contribution in [0.4, 0.5) is 0 Å². The van der Waals surface area contributed by atoms with E-state index in [-0.39, 0.29) is 23.4 Å². The highest BCUT2D eigenvalue weighted by molar-refractivity contribution is 5.98. The molecule has 3 fully saturated rings. The van der Waals surface area contributed by atoms with Crippen molar-refractivity contribution in [2.45, 2.75) is 139 Å². The van der Waals surface area contributed by atoms with E-state index in [1.807, 2.05) is 48.5 Å². The first-order valence-corrected chi connectivity index (χ1v) is 27.8. The Morgan fingerprint density at radius 2 is 1.17 bits per heavy atom. The lowest BCUT2D eigenvalue weighted by Crippen LogP contribution is -2.64. The van der Waals surface area contributed by atoms with Gasteiger partial charge < -0.3 is 87.1 Å². The zero-order valence-corrected chi connectivity index (χ0v) is 46.4. The Labute approximate surface area is 479 Å². The number of hydrogen-bond acceptors (Lipinski definition) is 17. The first-order chi connectivity index (χ1) is 39.5. The molecule has 15 atom stereocenters. The summed E-state index contributed by atoms with van der Waals surface area (Å²) in [6.07, 6.45) is -13.2. The van der Waals surface area contributed by atoms with E-state index in [0.717, 1.165) is 83.0 Å². The van der Waals surface area contributed by atoms with Gasteiger partial charge in [-0.15, -0.1) is 0 Å². The Morgan fingerprint density at radius 3 is 1.73 bits per heavy atom. The number of phenolic OH excluding ortho intramolecular Hbond substituents is 1. The quantitative estimate of drug-likeness (QED) is 0.0656. The van der Waals surface area contributed by atoms with E-state index in [1.54, 1.807) is 24.3 Å². The summed E-state index contributed by atoms with van der Waals surface area (Å²) in [6.45, 7) is 4.96. The average Bonchev–Trinajstić information content (AvgIpc) is 3.71. The van der Waals surface area contributed by atoms with Crippen molar-refractivity contribution in [1.82, 2.24) is 36.4 Å². The molecule has 0 aromatic heterocycles. The Bertz CT molecular complexity index is 2890. The van der Waals surface area contributed by atoms with Crippen molar-refractivity contribution in [3.05, 3.63) is 108 Å². The number of carbonyl (C=O) groups is 7. The molecule has 0 aliphatic carbocycles. The molecular weight excluding hydrogens is 1080 g/mol. The minimum atomic E-state index is -2.29. The second kappa shape index (κ2) is 28.1. The van der Waals surface area contributed by atoms with Gasteiger partial charge >= 0.3 is 0 Å². The molecule has 83 heavy (non-hydrogen) atoms. The van der Waals surface area contributed by atoms with Crippen molar-refractivity contribution >= 4 is 41.4 Å². The van der Waals surface area contributed by atoms with Crippen LogP contribution in [0.25, 0.3) is 22.3 Å².